The molecule has 2 rings (SSSR count). The molecule has 1 heterocycles. The number of anilines is 1. The lowest BCUT2D eigenvalue weighted by Gasteiger charge is -2.08. The number of hydrogen-bond acceptors (Lipinski definition) is 6. The van der Waals surface area contributed by atoms with Crippen LogP contribution in [-0.4, -0.2) is 36.6 Å². The summed E-state index contributed by atoms with van der Waals surface area (Å²) in [5.41, 5.74) is -0.157. The van der Waals surface area contributed by atoms with Crippen LogP contribution in [0, 0.1) is 0 Å². The van der Waals surface area contributed by atoms with Crippen molar-refractivity contribution >= 4 is 33.5 Å². The third-order valence-electron chi connectivity index (χ3n) is 2.56. The number of benzene rings is 1. The number of hydrogen-bond donors (Lipinski definition) is 2. The molecule has 0 aliphatic carbocycles. The number of carboxylic acid groups (broad SMARTS) is 1. The molecule has 0 atom stereocenters. The predicted octanol–water partition coefficient (Wildman–Crippen LogP) is 1.64. The first-order valence-corrected chi connectivity index (χ1v) is 7.61. The second-order valence-corrected chi connectivity index (χ2v) is 6.09. The summed E-state index contributed by atoms with van der Waals surface area (Å²) in [4.78, 5) is 17.8. The zero-order valence-electron chi connectivity index (χ0n) is 11.1. The second-order valence-electron chi connectivity index (χ2n) is 4.00. The standard InChI is InChI=1S/C12H10ClN3O5S/c1-21-10-3-2-8(4-9(10)13)22(19,20)16-12-14-5-7(6-15-12)11(17)18/h2-6H,1H3,(H,17,18)(H,14,15,16). The fraction of sp³-hybridized carbons (Fsp3) is 0.0833. The van der Waals surface area contributed by atoms with Gasteiger partial charge in [0.05, 0.1) is 22.6 Å². The first-order chi connectivity index (χ1) is 10.3. The molecule has 0 amide bonds. The summed E-state index contributed by atoms with van der Waals surface area (Å²) in [6.07, 6.45) is 1.99. The Kier molecular flexibility index (Phi) is 4.48. The topological polar surface area (TPSA) is 118 Å². The molecule has 1 aromatic carbocycles. The van der Waals surface area contributed by atoms with E-state index in [4.69, 9.17) is 21.4 Å². The maximum Gasteiger partial charge on any atom is 0.338 e. The number of nitrogens with one attached hydrogen (secondary N) is 1. The molecule has 0 saturated heterocycles. The van der Waals surface area contributed by atoms with Crippen LogP contribution >= 0.6 is 11.6 Å². The molecule has 22 heavy (non-hydrogen) atoms. The van der Waals surface area contributed by atoms with Crippen LogP contribution in [0.2, 0.25) is 5.02 Å². The van der Waals surface area contributed by atoms with Crippen molar-refractivity contribution in [2.24, 2.45) is 0 Å². The average Bonchev–Trinajstić information content (AvgIpc) is 2.47. The minimum atomic E-state index is -3.96. The molecule has 0 bridgehead atoms. The van der Waals surface area contributed by atoms with Crippen LogP contribution in [0.1, 0.15) is 10.4 Å². The molecule has 1 aromatic heterocycles. The zero-order chi connectivity index (χ0) is 16.3. The van der Waals surface area contributed by atoms with Gasteiger partial charge < -0.3 is 9.84 Å². The highest BCUT2D eigenvalue weighted by Crippen LogP contribution is 2.27. The highest BCUT2D eigenvalue weighted by atomic mass is 35.5. The Bertz CT molecular complexity index is 808. The zero-order valence-corrected chi connectivity index (χ0v) is 12.7. The smallest absolute Gasteiger partial charge is 0.338 e. The van der Waals surface area contributed by atoms with Gasteiger partial charge in [0.2, 0.25) is 5.95 Å². The number of rotatable bonds is 5. The largest absolute Gasteiger partial charge is 0.495 e. The summed E-state index contributed by atoms with van der Waals surface area (Å²) in [6.45, 7) is 0. The molecule has 0 aliphatic rings. The number of methoxy groups -OCH3 is 1. The second kappa shape index (κ2) is 6.16. The van der Waals surface area contributed by atoms with Gasteiger partial charge in [-0.1, -0.05) is 11.6 Å². The van der Waals surface area contributed by atoms with Crippen LogP contribution in [0.3, 0.4) is 0 Å². The lowest BCUT2D eigenvalue weighted by molar-refractivity contribution is 0.0696. The first-order valence-electron chi connectivity index (χ1n) is 5.75. The highest BCUT2D eigenvalue weighted by molar-refractivity contribution is 7.92. The Morgan fingerprint density at radius 1 is 1.32 bits per heavy atom. The van der Waals surface area contributed by atoms with Gasteiger partial charge in [-0.25, -0.2) is 27.9 Å². The lowest BCUT2D eigenvalue weighted by Crippen LogP contribution is -2.15. The van der Waals surface area contributed by atoms with Crippen LogP contribution < -0.4 is 9.46 Å². The molecule has 0 radical (unpaired) electrons. The molecule has 2 aromatic rings. The summed E-state index contributed by atoms with van der Waals surface area (Å²) in [6, 6.07) is 3.93. The van der Waals surface area contributed by atoms with E-state index in [-0.39, 0.29) is 21.4 Å². The molecule has 116 valence electrons. The fourth-order valence-corrected chi connectivity index (χ4v) is 2.79. The summed E-state index contributed by atoms with van der Waals surface area (Å²) in [5, 5.41) is 8.85. The Morgan fingerprint density at radius 2 is 1.95 bits per heavy atom. The number of nitrogens with zero attached hydrogens (tertiary/aromatic N) is 2. The Hall–Kier alpha value is -2.39. The van der Waals surface area contributed by atoms with Crippen LogP contribution in [0.4, 0.5) is 5.95 Å². The first kappa shape index (κ1) is 16.0. The quantitative estimate of drug-likeness (QED) is 0.846. The molecular weight excluding hydrogens is 334 g/mol. The van der Waals surface area contributed by atoms with Gasteiger partial charge in [-0.2, -0.15) is 0 Å². The highest BCUT2D eigenvalue weighted by Gasteiger charge is 2.17. The van der Waals surface area contributed by atoms with E-state index in [0.717, 1.165) is 12.4 Å². The third-order valence-corrected chi connectivity index (χ3v) is 4.18. The van der Waals surface area contributed by atoms with E-state index in [1.807, 2.05) is 0 Å². The number of ether oxygens (including phenoxy) is 1. The van der Waals surface area contributed by atoms with Gasteiger partial charge in [0, 0.05) is 12.4 Å². The predicted molar refractivity (Wildman–Crippen MR) is 77.8 cm³/mol. The summed E-state index contributed by atoms with van der Waals surface area (Å²) < 4.78 is 31.4. The maximum absolute atomic E-state index is 12.2. The lowest BCUT2D eigenvalue weighted by atomic mass is 10.3. The summed E-state index contributed by atoms with van der Waals surface area (Å²) in [7, 11) is -2.55. The van der Waals surface area contributed by atoms with Gasteiger partial charge in [0.15, 0.2) is 0 Å². The molecule has 0 spiro atoms. The number of aromatic carboxylic acids is 1. The molecule has 0 saturated carbocycles. The van der Waals surface area contributed by atoms with Crippen molar-refractivity contribution in [1.29, 1.82) is 0 Å². The van der Waals surface area contributed by atoms with E-state index < -0.39 is 16.0 Å². The van der Waals surface area contributed by atoms with Crippen molar-refractivity contribution in [3.63, 3.8) is 0 Å². The molecule has 8 nitrogen and oxygen atoms in total. The van der Waals surface area contributed by atoms with Gasteiger partial charge >= 0.3 is 5.97 Å². The SMILES string of the molecule is COc1ccc(S(=O)(=O)Nc2ncc(C(=O)O)cn2)cc1Cl. The Labute approximate surface area is 130 Å². The van der Waals surface area contributed by atoms with E-state index in [9.17, 15) is 13.2 Å². The van der Waals surface area contributed by atoms with Gasteiger partial charge in [-0.3, -0.25) is 0 Å². The molecular formula is C12H10ClN3O5S. The summed E-state index contributed by atoms with van der Waals surface area (Å²) >= 11 is 5.88. The van der Waals surface area contributed by atoms with Crippen LogP contribution in [-0.2, 0) is 10.0 Å². The van der Waals surface area contributed by atoms with Crippen LogP contribution in [0.5, 0.6) is 5.75 Å². The van der Waals surface area contributed by atoms with Crippen molar-refractivity contribution in [2.75, 3.05) is 11.8 Å². The van der Waals surface area contributed by atoms with Crippen LogP contribution in [0.15, 0.2) is 35.5 Å². The van der Waals surface area contributed by atoms with Gasteiger partial charge in [-0.05, 0) is 18.2 Å². The summed E-state index contributed by atoms with van der Waals surface area (Å²) in [5.74, 6) is -1.13. The number of aromatic nitrogens is 2. The Balaban J connectivity index is 2.27. The van der Waals surface area contributed by atoms with Gasteiger partial charge in [-0.15, -0.1) is 0 Å². The number of carboxylic acids is 1. The monoisotopic (exact) mass is 343 g/mol. The van der Waals surface area contributed by atoms with E-state index in [1.54, 1.807) is 0 Å². The number of halogens is 1. The minimum Gasteiger partial charge on any atom is -0.495 e. The van der Waals surface area contributed by atoms with E-state index >= 15 is 0 Å². The third kappa shape index (κ3) is 3.43. The molecule has 0 aliphatic heterocycles. The van der Waals surface area contributed by atoms with Crippen molar-refractivity contribution < 1.29 is 23.1 Å². The average molecular weight is 344 g/mol. The maximum atomic E-state index is 12.2. The molecule has 2 N–H and O–H groups in total. The van der Waals surface area contributed by atoms with Crippen LogP contribution in [0.25, 0.3) is 0 Å². The van der Waals surface area contributed by atoms with Gasteiger partial charge in [0.25, 0.3) is 10.0 Å². The number of carbonyl (C=O) groups is 1. The van der Waals surface area contributed by atoms with Gasteiger partial charge in [0.1, 0.15) is 5.75 Å². The molecule has 10 heteroatoms. The van der Waals surface area contributed by atoms with E-state index in [0.29, 0.717) is 5.75 Å². The fourth-order valence-electron chi connectivity index (χ4n) is 1.48. The van der Waals surface area contributed by atoms with Crippen molar-refractivity contribution in [2.45, 2.75) is 4.90 Å². The minimum absolute atomic E-state index is 0.107. The van der Waals surface area contributed by atoms with Crippen molar-refractivity contribution in [1.82, 2.24) is 9.97 Å². The van der Waals surface area contributed by atoms with E-state index in [2.05, 4.69) is 14.7 Å². The molecule has 0 unspecified atom stereocenters. The molecule has 0 fully saturated rings. The van der Waals surface area contributed by atoms with E-state index in [1.165, 1.54) is 25.3 Å². The van der Waals surface area contributed by atoms with Crippen molar-refractivity contribution in [3.8, 4) is 5.75 Å². The van der Waals surface area contributed by atoms with Crippen molar-refractivity contribution in [3.05, 3.63) is 41.2 Å². The normalized spacial score (nSPS) is 11.0. The number of sulfonamides is 1. The Morgan fingerprint density at radius 3 is 2.45 bits per heavy atom.